The number of rotatable bonds is 6. The van der Waals surface area contributed by atoms with E-state index in [0.29, 0.717) is 44.3 Å². The molecule has 1 radical (unpaired) electrons. The van der Waals surface area contributed by atoms with E-state index in [1.54, 1.807) is 18.2 Å². The fraction of sp³-hybridized carbons (Fsp3) is 0.111. The number of fused-ring (bicyclic) bond motifs is 3. The summed E-state index contributed by atoms with van der Waals surface area (Å²) in [7, 11) is -1.76. The topological polar surface area (TPSA) is 38.9 Å². The van der Waals surface area contributed by atoms with Crippen molar-refractivity contribution in [1.29, 1.82) is 0 Å². The van der Waals surface area contributed by atoms with Gasteiger partial charge in [0.05, 0.1) is 13.7 Å². The van der Waals surface area contributed by atoms with E-state index in [4.69, 9.17) is 11.3 Å². The van der Waals surface area contributed by atoms with Gasteiger partial charge in [-0.25, -0.2) is 0 Å². The molecule has 8 aromatic rings. The van der Waals surface area contributed by atoms with Crippen LogP contribution in [-0.4, -0.2) is 18.0 Å². The van der Waals surface area contributed by atoms with Crippen molar-refractivity contribution in [3.8, 4) is 33.6 Å². The van der Waals surface area contributed by atoms with Crippen molar-refractivity contribution in [2.45, 2.75) is 32.9 Å². The number of aromatic nitrogens is 2. The molecular weight excluding hydrogens is 824 g/mol. The average Bonchev–Trinajstić information content (AvgIpc) is 3.59. The summed E-state index contributed by atoms with van der Waals surface area (Å²) in [6.07, 6.45) is 1.66. The van der Waals surface area contributed by atoms with Crippen molar-refractivity contribution in [3.05, 3.63) is 174 Å². The van der Waals surface area contributed by atoms with Crippen LogP contribution in [-0.2, 0) is 26.5 Å². The molecule has 0 saturated carbocycles. The first-order valence-electron chi connectivity index (χ1n) is 18.8. The number of benzene rings is 5. The molecule has 8 rings (SSSR count). The quantitative estimate of drug-likeness (QED) is 0.123. The molecule has 0 N–H and O–H groups in total. The van der Waals surface area contributed by atoms with E-state index in [9.17, 15) is 4.39 Å². The van der Waals surface area contributed by atoms with Gasteiger partial charge < -0.3 is 14.4 Å². The predicted molar refractivity (Wildman–Crippen MR) is 207 cm³/mol. The van der Waals surface area contributed by atoms with Crippen LogP contribution in [0.15, 0.2) is 144 Å². The molecular formula is C45H37FIrN2OSi-2. The Balaban J connectivity index is 0.000000190. The number of para-hydroxylation sites is 1. The Bertz CT molecular complexity index is 2610. The molecule has 6 heteroatoms. The van der Waals surface area contributed by atoms with Crippen molar-refractivity contribution < 1.29 is 35.8 Å². The van der Waals surface area contributed by atoms with E-state index in [-0.39, 0.29) is 25.7 Å². The van der Waals surface area contributed by atoms with E-state index in [2.05, 4.69) is 41.7 Å². The Kier molecular flexibility index (Phi) is 9.02. The fourth-order valence-corrected chi connectivity index (χ4v) is 7.30. The fourth-order valence-electron chi connectivity index (χ4n) is 5.90. The molecule has 3 aromatic heterocycles. The van der Waals surface area contributed by atoms with Gasteiger partial charge in [0, 0.05) is 50.6 Å². The van der Waals surface area contributed by atoms with Crippen molar-refractivity contribution in [2.24, 2.45) is 0 Å². The minimum atomic E-state index is -2.32. The van der Waals surface area contributed by atoms with Gasteiger partial charge in [0.15, 0.2) is 0 Å². The molecule has 3 heterocycles. The van der Waals surface area contributed by atoms with Gasteiger partial charge in [-0.3, -0.25) is 4.39 Å². The van der Waals surface area contributed by atoms with Crippen LogP contribution in [0.1, 0.15) is 23.5 Å². The maximum atomic E-state index is 14.6. The van der Waals surface area contributed by atoms with Gasteiger partial charge in [-0.05, 0) is 63.5 Å². The maximum Gasteiger partial charge on any atom is 0.121 e. The first-order chi connectivity index (χ1) is 26.2. The number of furan rings is 1. The van der Waals surface area contributed by atoms with Gasteiger partial charge in [0.25, 0.3) is 0 Å². The summed E-state index contributed by atoms with van der Waals surface area (Å²) >= 11 is 0. The number of hydrogen-bond donors (Lipinski definition) is 0. The van der Waals surface area contributed by atoms with Crippen LogP contribution >= 0.6 is 0 Å². The standard InChI is InChI=1S/C24H15FNO.C21H22NSi.Ir/c1-15-14-26-21(13-19(15)16-7-3-2-4-8-16)17-11-12-20(25)23-18-9-5-6-10-22(18)27-24(17)23;1-23(2,3)21-16-22-20(18-12-8-5-9-13-18)15-19(21)14-17-10-6-4-7-11-17;/h2-10,12-14H,1H3;4-12,15-16H,14H2,1-3H3;/q2*-1;/i1D3;14D2;. The van der Waals surface area contributed by atoms with Crippen LogP contribution in [0.3, 0.4) is 0 Å². The summed E-state index contributed by atoms with van der Waals surface area (Å²) in [4.78, 5) is 9.00. The zero-order valence-corrected chi connectivity index (χ0v) is 31.7. The molecule has 255 valence electrons. The van der Waals surface area contributed by atoms with E-state index in [0.717, 1.165) is 27.6 Å². The first kappa shape index (κ1) is 29.7. The van der Waals surface area contributed by atoms with Crippen LogP contribution < -0.4 is 5.19 Å². The third-order valence-electron chi connectivity index (χ3n) is 8.40. The Labute approximate surface area is 320 Å². The molecule has 3 nitrogen and oxygen atoms in total. The maximum absolute atomic E-state index is 14.6. The Morgan fingerprint density at radius 2 is 1.51 bits per heavy atom. The molecule has 0 atom stereocenters. The van der Waals surface area contributed by atoms with Gasteiger partial charge in [-0.2, -0.15) is 0 Å². The Morgan fingerprint density at radius 1 is 0.804 bits per heavy atom. The molecule has 5 aromatic carbocycles. The third-order valence-corrected chi connectivity index (χ3v) is 10.4. The van der Waals surface area contributed by atoms with Gasteiger partial charge in [0.2, 0.25) is 0 Å². The van der Waals surface area contributed by atoms with E-state index in [1.807, 2.05) is 109 Å². The summed E-state index contributed by atoms with van der Waals surface area (Å²) in [6.45, 7) is 4.35. The first-order valence-corrected chi connectivity index (χ1v) is 19.8. The average molecular weight is 866 g/mol. The van der Waals surface area contributed by atoms with Gasteiger partial charge in [0.1, 0.15) is 5.58 Å². The van der Waals surface area contributed by atoms with Crippen LogP contribution in [0.2, 0.25) is 19.6 Å². The summed E-state index contributed by atoms with van der Waals surface area (Å²) in [6, 6.07) is 44.5. The van der Waals surface area contributed by atoms with Crippen LogP contribution in [0.5, 0.6) is 0 Å². The van der Waals surface area contributed by atoms with E-state index in [1.165, 1.54) is 12.3 Å². The van der Waals surface area contributed by atoms with Gasteiger partial charge in [-0.1, -0.05) is 122 Å². The van der Waals surface area contributed by atoms with Crippen molar-refractivity contribution in [1.82, 2.24) is 9.97 Å². The normalized spacial score (nSPS) is 13.1. The molecule has 0 amide bonds. The molecule has 0 aliphatic rings. The number of nitrogens with zero attached hydrogens (tertiary/aromatic N) is 2. The van der Waals surface area contributed by atoms with Crippen molar-refractivity contribution in [3.63, 3.8) is 0 Å². The van der Waals surface area contributed by atoms with E-state index >= 15 is 0 Å². The molecule has 0 unspecified atom stereocenters. The van der Waals surface area contributed by atoms with Gasteiger partial charge in [-0.15, -0.1) is 48.0 Å². The van der Waals surface area contributed by atoms with Crippen LogP contribution in [0, 0.1) is 24.8 Å². The summed E-state index contributed by atoms with van der Waals surface area (Å²) in [5.74, 6) is -0.430. The SMILES string of the molecule is [2H]C([2H])([2H])c1cnc(-c2[c-]cc(F)c3c2oc2ccccc23)cc1-c1ccccc1.[2H]C([2H])(c1ccccc1)c1cc(-c2[c-]cccc2)ncc1[Si](C)(C)C.[Ir]. The number of hydrogen-bond acceptors (Lipinski definition) is 3. The smallest absolute Gasteiger partial charge is 0.121 e. The van der Waals surface area contributed by atoms with Crippen molar-refractivity contribution >= 4 is 35.2 Å². The monoisotopic (exact) mass is 866 g/mol. The zero-order chi connectivity index (χ0) is 39.0. The molecule has 0 saturated heterocycles. The largest absolute Gasteiger partial charge is 0.500 e. The molecule has 0 spiro atoms. The summed E-state index contributed by atoms with van der Waals surface area (Å²) < 4.78 is 61.9. The number of pyridine rings is 2. The molecule has 0 aliphatic carbocycles. The van der Waals surface area contributed by atoms with Gasteiger partial charge >= 0.3 is 0 Å². The third kappa shape index (κ3) is 7.84. The molecule has 0 fully saturated rings. The van der Waals surface area contributed by atoms with Crippen molar-refractivity contribution in [2.75, 3.05) is 0 Å². The minimum Gasteiger partial charge on any atom is -0.500 e. The number of aryl methyl sites for hydroxylation is 1. The molecule has 0 bridgehead atoms. The predicted octanol–water partition coefficient (Wildman–Crippen LogP) is 11.2. The summed E-state index contributed by atoms with van der Waals surface area (Å²) in [5, 5.41) is 2.09. The second-order valence-corrected chi connectivity index (χ2v) is 18.0. The number of halogens is 1. The van der Waals surface area contributed by atoms with Crippen LogP contribution in [0.25, 0.3) is 55.6 Å². The summed E-state index contributed by atoms with van der Waals surface area (Å²) in [5.41, 5.74) is 6.34. The molecule has 51 heavy (non-hydrogen) atoms. The minimum absolute atomic E-state index is 0. The second kappa shape index (κ2) is 15.5. The zero-order valence-electron chi connectivity index (χ0n) is 33.3. The Morgan fingerprint density at radius 3 is 2.24 bits per heavy atom. The van der Waals surface area contributed by atoms with E-state index < -0.39 is 27.1 Å². The Hall–Kier alpha value is -5.00. The second-order valence-electron chi connectivity index (χ2n) is 12.9. The molecule has 0 aliphatic heterocycles. The van der Waals surface area contributed by atoms with Crippen LogP contribution in [0.4, 0.5) is 4.39 Å².